The average molecular weight is 289 g/mol. The number of rotatable bonds is 3. The molecule has 0 aliphatic heterocycles. The molecule has 2 fully saturated rings. The highest BCUT2D eigenvalue weighted by Gasteiger charge is 2.40. The lowest BCUT2D eigenvalue weighted by molar-refractivity contribution is -0.128. The summed E-state index contributed by atoms with van der Waals surface area (Å²) in [7, 11) is 0. The Bertz CT molecular complexity index is 295. The Morgan fingerprint density at radius 1 is 1.16 bits per heavy atom. The Kier molecular flexibility index (Phi) is 6.13. The lowest BCUT2D eigenvalue weighted by atomic mass is 9.67. The van der Waals surface area contributed by atoms with Crippen molar-refractivity contribution in [2.75, 3.05) is 0 Å². The third-order valence-electron chi connectivity index (χ3n) is 5.10. The Morgan fingerprint density at radius 3 is 2.16 bits per heavy atom. The van der Waals surface area contributed by atoms with Gasteiger partial charge >= 0.3 is 0 Å². The molecule has 2 bridgehead atoms. The van der Waals surface area contributed by atoms with Crippen LogP contribution in [0.15, 0.2) is 0 Å². The molecule has 0 radical (unpaired) electrons. The molecule has 0 heterocycles. The molecular formula is C15H29ClN2O. The van der Waals surface area contributed by atoms with Gasteiger partial charge in [-0.3, -0.25) is 4.79 Å². The summed E-state index contributed by atoms with van der Waals surface area (Å²) in [6, 6.07) is 0.753. The van der Waals surface area contributed by atoms with Crippen molar-refractivity contribution in [1.82, 2.24) is 5.32 Å². The minimum atomic E-state index is 0. The molecule has 2 saturated carbocycles. The number of hydrogen-bond acceptors (Lipinski definition) is 2. The van der Waals surface area contributed by atoms with E-state index in [1.165, 1.54) is 19.3 Å². The van der Waals surface area contributed by atoms with E-state index in [9.17, 15) is 4.79 Å². The number of carbonyl (C=O) groups excluding carboxylic acids is 1. The predicted molar refractivity (Wildman–Crippen MR) is 81.2 cm³/mol. The molecule has 4 heteroatoms. The summed E-state index contributed by atoms with van der Waals surface area (Å²) in [5, 5.41) is 3.33. The van der Waals surface area contributed by atoms with Gasteiger partial charge in [-0.2, -0.15) is 0 Å². The van der Waals surface area contributed by atoms with Gasteiger partial charge in [0, 0.05) is 18.0 Å². The van der Waals surface area contributed by atoms with E-state index in [1.807, 2.05) is 6.92 Å². The second kappa shape index (κ2) is 6.94. The smallest absolute Gasteiger partial charge is 0.223 e. The SMILES string of the molecule is CC(C)C(C)C(=O)NC1C2CCCC1CC(N)C2.Cl. The van der Waals surface area contributed by atoms with Crippen LogP contribution in [0.2, 0.25) is 0 Å². The van der Waals surface area contributed by atoms with Crippen molar-refractivity contribution >= 4 is 18.3 Å². The van der Waals surface area contributed by atoms with E-state index in [1.54, 1.807) is 0 Å². The van der Waals surface area contributed by atoms with Gasteiger partial charge in [0.2, 0.25) is 5.91 Å². The van der Waals surface area contributed by atoms with Gasteiger partial charge in [0.15, 0.2) is 0 Å². The molecule has 3 unspecified atom stereocenters. The molecular weight excluding hydrogens is 260 g/mol. The zero-order valence-electron chi connectivity index (χ0n) is 12.4. The molecule has 0 aromatic rings. The first kappa shape index (κ1) is 16.8. The van der Waals surface area contributed by atoms with Crippen molar-refractivity contribution in [3.63, 3.8) is 0 Å². The number of hydrogen-bond donors (Lipinski definition) is 2. The van der Waals surface area contributed by atoms with Crippen LogP contribution in [0, 0.1) is 23.7 Å². The number of nitrogens with two attached hydrogens (primary N) is 1. The zero-order valence-corrected chi connectivity index (χ0v) is 13.2. The molecule has 0 spiro atoms. The van der Waals surface area contributed by atoms with Crippen molar-refractivity contribution in [2.45, 2.75) is 65.0 Å². The third kappa shape index (κ3) is 3.85. The summed E-state index contributed by atoms with van der Waals surface area (Å²) in [4.78, 5) is 12.2. The van der Waals surface area contributed by atoms with Gasteiger partial charge in [-0.25, -0.2) is 0 Å². The molecule has 0 saturated heterocycles. The topological polar surface area (TPSA) is 55.1 Å². The normalized spacial score (nSPS) is 35.4. The van der Waals surface area contributed by atoms with E-state index in [4.69, 9.17) is 5.73 Å². The van der Waals surface area contributed by atoms with Gasteiger partial charge < -0.3 is 11.1 Å². The van der Waals surface area contributed by atoms with E-state index in [0.29, 0.717) is 29.8 Å². The van der Waals surface area contributed by atoms with Gasteiger partial charge in [0.25, 0.3) is 0 Å². The molecule has 3 atom stereocenters. The first-order valence-electron chi connectivity index (χ1n) is 7.55. The maximum atomic E-state index is 12.2. The largest absolute Gasteiger partial charge is 0.353 e. The molecule has 1 amide bonds. The summed E-state index contributed by atoms with van der Waals surface area (Å²) in [6.45, 7) is 6.26. The van der Waals surface area contributed by atoms with Crippen molar-refractivity contribution < 1.29 is 4.79 Å². The fraction of sp³-hybridized carbons (Fsp3) is 0.933. The summed E-state index contributed by atoms with van der Waals surface area (Å²) >= 11 is 0. The fourth-order valence-corrected chi connectivity index (χ4v) is 3.62. The highest BCUT2D eigenvalue weighted by Crippen LogP contribution is 2.39. The van der Waals surface area contributed by atoms with Crippen molar-refractivity contribution in [3.8, 4) is 0 Å². The van der Waals surface area contributed by atoms with Crippen molar-refractivity contribution in [1.29, 1.82) is 0 Å². The van der Waals surface area contributed by atoms with Crippen LogP contribution in [0.4, 0.5) is 0 Å². The summed E-state index contributed by atoms with van der Waals surface area (Å²) in [5.41, 5.74) is 6.11. The molecule has 2 aliphatic carbocycles. The van der Waals surface area contributed by atoms with Gasteiger partial charge in [-0.05, 0) is 43.4 Å². The summed E-state index contributed by atoms with van der Waals surface area (Å²) < 4.78 is 0. The van der Waals surface area contributed by atoms with E-state index in [2.05, 4.69) is 19.2 Å². The highest BCUT2D eigenvalue weighted by atomic mass is 35.5. The Morgan fingerprint density at radius 2 is 1.68 bits per heavy atom. The van der Waals surface area contributed by atoms with Crippen LogP contribution in [-0.4, -0.2) is 18.0 Å². The van der Waals surface area contributed by atoms with Crippen LogP contribution >= 0.6 is 12.4 Å². The van der Waals surface area contributed by atoms with E-state index in [-0.39, 0.29) is 24.2 Å². The Labute approximate surface area is 123 Å². The standard InChI is InChI=1S/C15H28N2O.ClH/c1-9(2)10(3)15(18)17-14-11-5-4-6-12(14)8-13(16)7-11;/h9-14H,4-8,16H2,1-3H3,(H,17,18);1H. The maximum Gasteiger partial charge on any atom is 0.223 e. The molecule has 19 heavy (non-hydrogen) atoms. The van der Waals surface area contributed by atoms with Crippen LogP contribution in [0.3, 0.4) is 0 Å². The first-order chi connectivity index (χ1) is 8.49. The quantitative estimate of drug-likeness (QED) is 0.839. The molecule has 0 aromatic heterocycles. The third-order valence-corrected chi connectivity index (χ3v) is 5.10. The number of amides is 1. The molecule has 0 aromatic carbocycles. The molecule has 3 nitrogen and oxygen atoms in total. The predicted octanol–water partition coefficient (Wildman–Crippen LogP) is 2.72. The van der Waals surface area contributed by atoms with Crippen LogP contribution < -0.4 is 11.1 Å². The Hall–Kier alpha value is -0.280. The fourth-order valence-electron chi connectivity index (χ4n) is 3.62. The second-order valence-electron chi connectivity index (χ2n) is 6.75. The summed E-state index contributed by atoms with van der Waals surface area (Å²) in [5.74, 6) is 2.01. The van der Waals surface area contributed by atoms with Crippen molar-refractivity contribution in [2.24, 2.45) is 29.4 Å². The Balaban J connectivity index is 0.00000180. The van der Waals surface area contributed by atoms with Crippen LogP contribution in [0.5, 0.6) is 0 Å². The second-order valence-corrected chi connectivity index (χ2v) is 6.75. The first-order valence-corrected chi connectivity index (χ1v) is 7.55. The molecule has 112 valence electrons. The monoisotopic (exact) mass is 288 g/mol. The van der Waals surface area contributed by atoms with Gasteiger partial charge in [0.05, 0.1) is 0 Å². The zero-order chi connectivity index (χ0) is 13.3. The van der Waals surface area contributed by atoms with Crippen LogP contribution in [0.25, 0.3) is 0 Å². The van der Waals surface area contributed by atoms with Gasteiger partial charge in [0.1, 0.15) is 0 Å². The van der Waals surface area contributed by atoms with E-state index in [0.717, 1.165) is 12.8 Å². The van der Waals surface area contributed by atoms with Gasteiger partial charge in [-0.1, -0.05) is 27.2 Å². The van der Waals surface area contributed by atoms with Gasteiger partial charge in [-0.15, -0.1) is 12.4 Å². The number of nitrogens with one attached hydrogen (secondary N) is 1. The number of fused-ring (bicyclic) bond motifs is 2. The molecule has 2 aliphatic rings. The molecule has 2 rings (SSSR count). The lowest BCUT2D eigenvalue weighted by Gasteiger charge is -2.45. The average Bonchev–Trinajstić information content (AvgIpc) is 2.29. The van der Waals surface area contributed by atoms with Crippen LogP contribution in [-0.2, 0) is 4.79 Å². The van der Waals surface area contributed by atoms with E-state index < -0.39 is 0 Å². The summed E-state index contributed by atoms with van der Waals surface area (Å²) in [6.07, 6.45) is 5.99. The number of halogens is 1. The number of carbonyl (C=O) groups is 1. The molecule has 3 N–H and O–H groups in total. The van der Waals surface area contributed by atoms with E-state index >= 15 is 0 Å². The minimum Gasteiger partial charge on any atom is -0.353 e. The van der Waals surface area contributed by atoms with Crippen LogP contribution in [0.1, 0.15) is 52.9 Å². The maximum absolute atomic E-state index is 12.2. The minimum absolute atomic E-state index is 0. The van der Waals surface area contributed by atoms with Crippen molar-refractivity contribution in [3.05, 3.63) is 0 Å². The lowest BCUT2D eigenvalue weighted by Crippen LogP contribution is -2.54. The highest BCUT2D eigenvalue weighted by molar-refractivity contribution is 5.85.